The van der Waals surface area contributed by atoms with E-state index in [2.05, 4.69) is 5.10 Å². The minimum Gasteiger partial charge on any atom is -0.292 e. The van der Waals surface area contributed by atoms with Gasteiger partial charge in [-0.05, 0) is 49.9 Å². The average Bonchev–Trinajstić information content (AvgIpc) is 2.71. The van der Waals surface area contributed by atoms with E-state index in [4.69, 9.17) is 11.6 Å². The molecule has 3 saturated carbocycles. The molecule has 4 atom stereocenters. The van der Waals surface area contributed by atoms with Gasteiger partial charge in [-0.25, -0.2) is 0 Å². The number of fused-ring (bicyclic) bond motifs is 5. The van der Waals surface area contributed by atoms with E-state index in [0.29, 0.717) is 29.1 Å². The lowest BCUT2D eigenvalue weighted by molar-refractivity contribution is 0.0934. The molecular weight excluding hydrogens is 248 g/mol. The van der Waals surface area contributed by atoms with Crippen LogP contribution < -0.4 is 0 Å². The Morgan fingerprint density at radius 1 is 1.44 bits per heavy atom. The topological polar surface area (TPSA) is 34.9 Å². The molecule has 0 radical (unpaired) electrons. The summed E-state index contributed by atoms with van der Waals surface area (Å²) in [6.07, 6.45) is 5.66. The molecule has 1 heterocycles. The minimum atomic E-state index is 0.256. The summed E-state index contributed by atoms with van der Waals surface area (Å²) >= 11 is 6.13. The van der Waals surface area contributed by atoms with Gasteiger partial charge >= 0.3 is 0 Å². The zero-order chi connectivity index (χ0) is 12.4. The molecule has 0 aliphatic heterocycles. The molecule has 0 N–H and O–H groups in total. The summed E-state index contributed by atoms with van der Waals surface area (Å²) in [6.45, 7) is 2.71. The smallest absolute Gasteiger partial charge is 0.186 e. The van der Waals surface area contributed by atoms with Crippen LogP contribution in [0, 0.1) is 29.6 Å². The molecule has 4 rings (SSSR count). The summed E-state index contributed by atoms with van der Waals surface area (Å²) in [4.78, 5) is 12.7. The Bertz CT molecular complexity index is 508. The van der Waals surface area contributed by atoms with E-state index in [1.165, 1.54) is 19.3 Å². The summed E-state index contributed by atoms with van der Waals surface area (Å²) in [6, 6.07) is 0. The number of nitrogens with zero attached hydrogens (tertiary/aromatic N) is 2. The summed E-state index contributed by atoms with van der Waals surface area (Å²) in [5.74, 6) is 3.51. The zero-order valence-corrected chi connectivity index (χ0v) is 11.2. The van der Waals surface area contributed by atoms with Gasteiger partial charge in [0, 0.05) is 12.5 Å². The van der Waals surface area contributed by atoms with Crippen molar-refractivity contribution in [3.8, 4) is 0 Å². The number of hydrogen-bond donors (Lipinski definition) is 0. The van der Waals surface area contributed by atoms with Gasteiger partial charge in [0.25, 0.3) is 0 Å². The van der Waals surface area contributed by atoms with Gasteiger partial charge in [-0.1, -0.05) is 11.6 Å². The Morgan fingerprint density at radius 3 is 2.72 bits per heavy atom. The fourth-order valence-electron chi connectivity index (χ4n) is 4.68. The fourth-order valence-corrected chi connectivity index (χ4v) is 4.91. The van der Waals surface area contributed by atoms with Crippen LogP contribution in [0.25, 0.3) is 0 Å². The molecule has 4 unspecified atom stereocenters. The second-order valence-corrected chi connectivity index (χ2v) is 6.44. The number of rotatable bonds is 3. The van der Waals surface area contributed by atoms with Crippen molar-refractivity contribution in [3.05, 3.63) is 16.9 Å². The summed E-state index contributed by atoms with van der Waals surface area (Å²) in [7, 11) is 0. The van der Waals surface area contributed by atoms with Gasteiger partial charge in [-0.3, -0.25) is 9.48 Å². The second-order valence-electron chi connectivity index (χ2n) is 6.03. The maximum absolute atomic E-state index is 12.7. The first-order valence-electron chi connectivity index (χ1n) is 6.98. The maximum atomic E-state index is 12.7. The molecule has 18 heavy (non-hydrogen) atoms. The predicted octanol–water partition coefficient (Wildman–Crippen LogP) is 3.03. The predicted molar refractivity (Wildman–Crippen MR) is 68.5 cm³/mol. The first-order valence-corrected chi connectivity index (χ1v) is 7.35. The van der Waals surface area contributed by atoms with Crippen LogP contribution in [0.3, 0.4) is 0 Å². The minimum absolute atomic E-state index is 0.256. The number of aryl methyl sites for hydroxylation is 1. The van der Waals surface area contributed by atoms with Crippen LogP contribution in [0.5, 0.6) is 0 Å². The van der Waals surface area contributed by atoms with Crippen LogP contribution in [0.4, 0.5) is 0 Å². The third-order valence-corrected chi connectivity index (χ3v) is 5.64. The molecule has 0 amide bonds. The van der Waals surface area contributed by atoms with Crippen LogP contribution in [0.15, 0.2) is 6.20 Å². The second kappa shape index (κ2) is 3.60. The van der Waals surface area contributed by atoms with Crippen molar-refractivity contribution in [2.24, 2.45) is 29.6 Å². The summed E-state index contributed by atoms with van der Waals surface area (Å²) < 4.78 is 1.75. The Balaban J connectivity index is 1.64. The molecule has 3 aliphatic carbocycles. The molecule has 3 nitrogen and oxygen atoms in total. The zero-order valence-electron chi connectivity index (χ0n) is 10.5. The molecule has 0 saturated heterocycles. The third kappa shape index (κ3) is 1.26. The van der Waals surface area contributed by atoms with E-state index < -0.39 is 0 Å². The molecule has 96 valence electrons. The van der Waals surface area contributed by atoms with E-state index in [0.717, 1.165) is 11.8 Å². The van der Waals surface area contributed by atoms with Gasteiger partial charge in [0.05, 0.1) is 11.2 Å². The van der Waals surface area contributed by atoms with E-state index >= 15 is 0 Å². The maximum Gasteiger partial charge on any atom is 0.186 e. The largest absolute Gasteiger partial charge is 0.292 e. The van der Waals surface area contributed by atoms with Gasteiger partial charge in [0.1, 0.15) is 5.69 Å². The van der Waals surface area contributed by atoms with Crippen LogP contribution in [0.2, 0.25) is 5.02 Å². The lowest BCUT2D eigenvalue weighted by Crippen LogP contribution is -2.15. The number of carbonyl (C=O) groups excluding carboxylic acids is 1. The van der Waals surface area contributed by atoms with Crippen LogP contribution in [-0.4, -0.2) is 15.6 Å². The van der Waals surface area contributed by atoms with Crippen molar-refractivity contribution in [2.75, 3.05) is 0 Å². The van der Waals surface area contributed by atoms with Crippen molar-refractivity contribution >= 4 is 17.4 Å². The van der Waals surface area contributed by atoms with Crippen molar-refractivity contribution in [1.82, 2.24) is 9.78 Å². The van der Waals surface area contributed by atoms with Gasteiger partial charge in [0.15, 0.2) is 5.78 Å². The Kier molecular flexibility index (Phi) is 2.20. The number of Topliss-reactive ketones (excluding diaryl/α,β-unsaturated/α-hetero) is 1. The lowest BCUT2D eigenvalue weighted by Gasteiger charge is -2.09. The van der Waals surface area contributed by atoms with Crippen molar-refractivity contribution in [2.45, 2.75) is 32.7 Å². The van der Waals surface area contributed by atoms with Crippen molar-refractivity contribution < 1.29 is 4.79 Å². The van der Waals surface area contributed by atoms with E-state index in [-0.39, 0.29) is 11.7 Å². The fraction of sp³-hybridized carbons (Fsp3) is 0.714. The summed E-state index contributed by atoms with van der Waals surface area (Å²) in [5, 5.41) is 4.70. The Labute approximate surface area is 112 Å². The first-order chi connectivity index (χ1) is 8.72. The lowest BCUT2D eigenvalue weighted by atomic mass is 9.98. The van der Waals surface area contributed by atoms with Gasteiger partial charge in [-0.2, -0.15) is 5.10 Å². The van der Waals surface area contributed by atoms with Crippen LogP contribution >= 0.6 is 11.6 Å². The standard InChI is InChI=1S/C14H17ClN2O/c1-2-17-13(9(15)6-16-17)14(18)12-10-7-3-4-8(5-7)11(10)12/h6-8,10-12H,2-5H2,1H3. The molecule has 1 aromatic heterocycles. The first kappa shape index (κ1) is 11.0. The average molecular weight is 265 g/mol. The molecule has 0 aromatic carbocycles. The van der Waals surface area contributed by atoms with Crippen molar-refractivity contribution in [1.29, 1.82) is 0 Å². The van der Waals surface area contributed by atoms with Gasteiger partial charge in [0.2, 0.25) is 0 Å². The quantitative estimate of drug-likeness (QED) is 0.787. The highest BCUT2D eigenvalue weighted by Gasteiger charge is 2.67. The SMILES string of the molecule is CCn1ncc(Cl)c1C(=O)C1C2C3CCC(C3)C12. The van der Waals surface area contributed by atoms with E-state index in [1.54, 1.807) is 10.9 Å². The van der Waals surface area contributed by atoms with E-state index in [1.807, 2.05) is 6.92 Å². The molecule has 4 heteroatoms. The van der Waals surface area contributed by atoms with Gasteiger partial charge < -0.3 is 0 Å². The van der Waals surface area contributed by atoms with E-state index in [9.17, 15) is 4.79 Å². The van der Waals surface area contributed by atoms with Gasteiger partial charge in [-0.15, -0.1) is 0 Å². The Hall–Kier alpha value is -0.830. The Morgan fingerprint density at radius 2 is 2.11 bits per heavy atom. The molecular formula is C14H17ClN2O. The molecule has 0 spiro atoms. The number of carbonyl (C=O) groups is 1. The normalized spacial score (nSPS) is 40.0. The molecule has 2 bridgehead atoms. The number of aromatic nitrogens is 2. The van der Waals surface area contributed by atoms with Crippen LogP contribution in [-0.2, 0) is 6.54 Å². The third-order valence-electron chi connectivity index (χ3n) is 5.37. The molecule has 1 aromatic rings. The summed E-state index contributed by atoms with van der Waals surface area (Å²) in [5.41, 5.74) is 0.651. The highest BCUT2D eigenvalue weighted by molar-refractivity contribution is 6.33. The number of hydrogen-bond acceptors (Lipinski definition) is 2. The highest BCUT2D eigenvalue weighted by atomic mass is 35.5. The highest BCUT2D eigenvalue weighted by Crippen LogP contribution is 2.70. The van der Waals surface area contributed by atoms with Crippen LogP contribution in [0.1, 0.15) is 36.7 Å². The number of halogens is 1. The molecule has 3 aliphatic rings. The number of ketones is 1. The monoisotopic (exact) mass is 264 g/mol. The van der Waals surface area contributed by atoms with Crippen molar-refractivity contribution in [3.63, 3.8) is 0 Å². The molecule has 3 fully saturated rings.